The Bertz CT molecular complexity index is 416. The van der Waals surface area contributed by atoms with Gasteiger partial charge in [-0.1, -0.05) is 0 Å². The summed E-state index contributed by atoms with van der Waals surface area (Å²) in [7, 11) is 0. The SMILES string of the molecule is O=C(C1CCCN1Cc1cscn1)N1CCNCC1. The van der Waals surface area contributed by atoms with Crippen LogP contribution in [-0.4, -0.2) is 59.5 Å². The van der Waals surface area contributed by atoms with Crippen LogP contribution in [0, 0.1) is 0 Å². The number of rotatable bonds is 3. The van der Waals surface area contributed by atoms with Gasteiger partial charge in [0.2, 0.25) is 5.91 Å². The van der Waals surface area contributed by atoms with Crippen LogP contribution in [0.5, 0.6) is 0 Å². The first-order chi connectivity index (χ1) is 9.34. The third kappa shape index (κ3) is 2.96. The summed E-state index contributed by atoms with van der Waals surface area (Å²) in [6, 6.07) is 0.0693. The van der Waals surface area contributed by atoms with Gasteiger partial charge in [-0.25, -0.2) is 4.98 Å². The van der Waals surface area contributed by atoms with Crippen LogP contribution in [-0.2, 0) is 11.3 Å². The molecule has 2 aliphatic rings. The zero-order valence-electron chi connectivity index (χ0n) is 11.0. The Labute approximate surface area is 117 Å². The van der Waals surface area contributed by atoms with E-state index in [1.807, 2.05) is 10.4 Å². The smallest absolute Gasteiger partial charge is 0.240 e. The van der Waals surface area contributed by atoms with Gasteiger partial charge in [0.1, 0.15) is 0 Å². The van der Waals surface area contributed by atoms with Crippen LogP contribution in [0.25, 0.3) is 0 Å². The molecule has 1 atom stereocenters. The fourth-order valence-electron chi connectivity index (χ4n) is 2.91. The number of carbonyl (C=O) groups is 1. The number of nitrogens with zero attached hydrogens (tertiary/aromatic N) is 3. The van der Waals surface area contributed by atoms with E-state index in [-0.39, 0.29) is 6.04 Å². The van der Waals surface area contributed by atoms with Gasteiger partial charge >= 0.3 is 0 Å². The molecule has 2 fully saturated rings. The summed E-state index contributed by atoms with van der Waals surface area (Å²) in [4.78, 5) is 21.2. The summed E-state index contributed by atoms with van der Waals surface area (Å²) in [5, 5.41) is 5.37. The molecule has 6 heteroatoms. The molecule has 19 heavy (non-hydrogen) atoms. The van der Waals surface area contributed by atoms with Gasteiger partial charge in [-0.3, -0.25) is 9.69 Å². The summed E-state index contributed by atoms with van der Waals surface area (Å²) in [5.74, 6) is 0.314. The monoisotopic (exact) mass is 280 g/mol. The highest BCUT2D eigenvalue weighted by Crippen LogP contribution is 2.22. The molecule has 2 aliphatic heterocycles. The minimum Gasteiger partial charge on any atom is -0.339 e. The molecule has 1 unspecified atom stereocenters. The predicted octanol–water partition coefficient (Wildman–Crippen LogP) is 0.539. The molecule has 1 amide bonds. The van der Waals surface area contributed by atoms with E-state index in [9.17, 15) is 4.79 Å². The van der Waals surface area contributed by atoms with Gasteiger partial charge in [-0.15, -0.1) is 11.3 Å². The number of aromatic nitrogens is 1. The van der Waals surface area contributed by atoms with Crippen molar-refractivity contribution in [3.63, 3.8) is 0 Å². The van der Waals surface area contributed by atoms with Crippen molar-refractivity contribution in [3.05, 3.63) is 16.6 Å². The molecular weight excluding hydrogens is 260 g/mol. The van der Waals surface area contributed by atoms with E-state index >= 15 is 0 Å². The maximum atomic E-state index is 12.6. The average Bonchev–Trinajstić information content (AvgIpc) is 3.11. The molecule has 3 heterocycles. The zero-order valence-corrected chi connectivity index (χ0v) is 11.9. The second kappa shape index (κ2) is 5.98. The van der Waals surface area contributed by atoms with E-state index < -0.39 is 0 Å². The third-order valence-corrected chi connectivity index (χ3v) is 4.56. The van der Waals surface area contributed by atoms with Crippen LogP contribution in [0.15, 0.2) is 10.9 Å². The number of amides is 1. The molecule has 0 bridgehead atoms. The Morgan fingerprint density at radius 3 is 3.00 bits per heavy atom. The van der Waals surface area contributed by atoms with Crippen LogP contribution in [0.2, 0.25) is 0 Å². The van der Waals surface area contributed by atoms with Crippen molar-refractivity contribution in [1.82, 2.24) is 20.1 Å². The Morgan fingerprint density at radius 1 is 1.42 bits per heavy atom. The minimum absolute atomic E-state index is 0.0693. The predicted molar refractivity (Wildman–Crippen MR) is 75.0 cm³/mol. The van der Waals surface area contributed by atoms with Gasteiger partial charge < -0.3 is 10.2 Å². The van der Waals surface area contributed by atoms with Crippen LogP contribution in [0.1, 0.15) is 18.5 Å². The van der Waals surface area contributed by atoms with E-state index in [4.69, 9.17) is 0 Å². The van der Waals surface area contributed by atoms with Crippen molar-refractivity contribution >= 4 is 17.2 Å². The van der Waals surface area contributed by atoms with E-state index in [0.717, 1.165) is 57.8 Å². The molecule has 0 radical (unpaired) electrons. The van der Waals surface area contributed by atoms with E-state index in [2.05, 4.69) is 20.6 Å². The lowest BCUT2D eigenvalue weighted by atomic mass is 10.1. The maximum absolute atomic E-state index is 12.6. The first-order valence-electron chi connectivity index (χ1n) is 6.95. The molecule has 0 spiro atoms. The highest BCUT2D eigenvalue weighted by molar-refractivity contribution is 7.07. The lowest BCUT2D eigenvalue weighted by Gasteiger charge is -2.32. The number of hydrogen-bond acceptors (Lipinski definition) is 5. The van der Waals surface area contributed by atoms with Crippen LogP contribution >= 0.6 is 11.3 Å². The molecule has 1 aromatic heterocycles. The summed E-state index contributed by atoms with van der Waals surface area (Å²) < 4.78 is 0. The molecule has 0 saturated carbocycles. The molecule has 104 valence electrons. The van der Waals surface area contributed by atoms with E-state index in [1.54, 1.807) is 11.3 Å². The van der Waals surface area contributed by atoms with E-state index in [1.165, 1.54) is 0 Å². The maximum Gasteiger partial charge on any atom is 0.240 e. The van der Waals surface area contributed by atoms with Crippen molar-refractivity contribution in [2.45, 2.75) is 25.4 Å². The second-order valence-corrected chi connectivity index (χ2v) is 5.90. The molecular formula is C13H20N4OS. The minimum atomic E-state index is 0.0693. The first kappa shape index (κ1) is 13.0. The van der Waals surface area contributed by atoms with Crippen LogP contribution < -0.4 is 5.32 Å². The van der Waals surface area contributed by atoms with Gasteiger partial charge in [0.15, 0.2) is 0 Å². The Kier molecular flexibility index (Phi) is 4.10. The van der Waals surface area contributed by atoms with Gasteiger partial charge in [0, 0.05) is 38.1 Å². The standard InChI is InChI=1S/C13H20N4OS/c18-13(16-6-3-14-4-7-16)12-2-1-5-17(12)8-11-9-19-10-15-11/h9-10,12,14H,1-8H2. The molecule has 0 aliphatic carbocycles. The van der Waals surface area contributed by atoms with Crippen molar-refractivity contribution in [1.29, 1.82) is 0 Å². The molecule has 3 rings (SSSR count). The summed E-state index contributed by atoms with van der Waals surface area (Å²) in [5.41, 5.74) is 2.95. The fraction of sp³-hybridized carbons (Fsp3) is 0.692. The summed E-state index contributed by atoms with van der Waals surface area (Å²) in [6.45, 7) is 5.36. The van der Waals surface area contributed by atoms with Crippen molar-refractivity contribution in [2.75, 3.05) is 32.7 Å². The van der Waals surface area contributed by atoms with Crippen molar-refractivity contribution < 1.29 is 4.79 Å². The average molecular weight is 280 g/mol. The second-order valence-electron chi connectivity index (χ2n) is 5.18. The summed E-state index contributed by atoms with van der Waals surface area (Å²) in [6.07, 6.45) is 2.11. The highest BCUT2D eigenvalue weighted by atomic mass is 32.1. The van der Waals surface area contributed by atoms with Gasteiger partial charge in [-0.2, -0.15) is 0 Å². The largest absolute Gasteiger partial charge is 0.339 e. The number of nitrogens with one attached hydrogen (secondary N) is 1. The number of carbonyl (C=O) groups excluding carboxylic acids is 1. The molecule has 5 nitrogen and oxygen atoms in total. The Hall–Kier alpha value is -0.980. The molecule has 1 aromatic rings. The zero-order chi connectivity index (χ0) is 13.1. The highest BCUT2D eigenvalue weighted by Gasteiger charge is 2.34. The number of thiazole rings is 1. The lowest BCUT2D eigenvalue weighted by Crippen LogP contribution is -2.52. The quantitative estimate of drug-likeness (QED) is 0.878. The van der Waals surface area contributed by atoms with E-state index in [0.29, 0.717) is 5.91 Å². The normalized spacial score (nSPS) is 24.8. The van der Waals surface area contributed by atoms with Gasteiger partial charge in [0.05, 0.1) is 17.2 Å². The fourth-order valence-corrected chi connectivity index (χ4v) is 3.46. The molecule has 2 saturated heterocycles. The number of piperazine rings is 1. The lowest BCUT2D eigenvalue weighted by molar-refractivity contribution is -0.136. The van der Waals surface area contributed by atoms with Crippen LogP contribution in [0.4, 0.5) is 0 Å². The first-order valence-corrected chi connectivity index (χ1v) is 7.89. The van der Waals surface area contributed by atoms with Gasteiger partial charge in [-0.05, 0) is 19.4 Å². The topological polar surface area (TPSA) is 48.5 Å². The van der Waals surface area contributed by atoms with Crippen LogP contribution in [0.3, 0.4) is 0 Å². The van der Waals surface area contributed by atoms with Crippen molar-refractivity contribution in [2.24, 2.45) is 0 Å². The number of hydrogen-bond donors (Lipinski definition) is 1. The Balaban J connectivity index is 1.63. The molecule has 1 N–H and O–H groups in total. The number of likely N-dealkylation sites (tertiary alicyclic amines) is 1. The molecule has 0 aromatic carbocycles. The summed E-state index contributed by atoms with van der Waals surface area (Å²) >= 11 is 1.62. The van der Waals surface area contributed by atoms with Crippen molar-refractivity contribution in [3.8, 4) is 0 Å². The Morgan fingerprint density at radius 2 is 2.26 bits per heavy atom. The van der Waals surface area contributed by atoms with Gasteiger partial charge in [0.25, 0.3) is 0 Å². The third-order valence-electron chi connectivity index (χ3n) is 3.93.